The molecule has 0 fully saturated rings. The third-order valence-corrected chi connectivity index (χ3v) is 8.59. The lowest BCUT2D eigenvalue weighted by atomic mass is 9.98. The van der Waals surface area contributed by atoms with E-state index in [0.29, 0.717) is 17.7 Å². The molecule has 4 aromatic carbocycles. The molecule has 8 heteroatoms. The van der Waals surface area contributed by atoms with Crippen molar-refractivity contribution in [3.63, 3.8) is 0 Å². The van der Waals surface area contributed by atoms with Crippen LogP contribution in [-0.4, -0.2) is 41.8 Å². The van der Waals surface area contributed by atoms with Gasteiger partial charge in [0.25, 0.3) is 11.1 Å². The standard InChI is InChI=1S/C39H39N3O5/c1-41-35(22-28-8-5-4-6-9-28)38(43)40-34(39(41)44)21-30-10-7-11-33(20-30)47-26-29-14-12-27(13-15-29)16-18-42-19-17-31-23-36(45-2)37(46-3)24-32(31)25-42/h4-15,20-24H,16-19,25-26H2,1-3H3,(H,40,43). The number of aromatic amines is 1. The van der Waals surface area contributed by atoms with Gasteiger partial charge in [-0.15, -0.1) is 0 Å². The van der Waals surface area contributed by atoms with Crippen molar-refractivity contribution in [1.82, 2.24) is 14.5 Å². The molecule has 8 nitrogen and oxygen atoms in total. The summed E-state index contributed by atoms with van der Waals surface area (Å²) in [6.07, 6.45) is 5.34. The van der Waals surface area contributed by atoms with E-state index in [9.17, 15) is 9.59 Å². The van der Waals surface area contributed by atoms with Gasteiger partial charge in [0.2, 0.25) is 0 Å². The van der Waals surface area contributed by atoms with Gasteiger partial charge in [-0.2, -0.15) is 0 Å². The highest BCUT2D eigenvalue weighted by atomic mass is 16.5. The highest BCUT2D eigenvalue weighted by Crippen LogP contribution is 2.33. The van der Waals surface area contributed by atoms with E-state index in [1.54, 1.807) is 33.4 Å². The Bertz CT molecular complexity index is 2100. The van der Waals surface area contributed by atoms with Gasteiger partial charge in [-0.1, -0.05) is 66.7 Å². The van der Waals surface area contributed by atoms with E-state index in [4.69, 9.17) is 14.2 Å². The fourth-order valence-electron chi connectivity index (χ4n) is 5.90. The molecule has 0 atom stereocenters. The third-order valence-electron chi connectivity index (χ3n) is 8.59. The van der Waals surface area contributed by atoms with Crippen molar-refractivity contribution in [3.05, 3.63) is 156 Å². The van der Waals surface area contributed by atoms with Crippen LogP contribution in [-0.2, 0) is 33.0 Å². The van der Waals surface area contributed by atoms with Crippen LogP contribution < -0.4 is 36.0 Å². The van der Waals surface area contributed by atoms with Crippen molar-refractivity contribution in [3.8, 4) is 17.2 Å². The first-order chi connectivity index (χ1) is 22.9. The molecule has 0 radical (unpaired) electrons. The molecule has 0 amide bonds. The Morgan fingerprint density at radius 1 is 0.787 bits per heavy atom. The number of benzene rings is 4. The Kier molecular flexibility index (Phi) is 9.69. The van der Waals surface area contributed by atoms with Crippen molar-refractivity contribution in [1.29, 1.82) is 0 Å². The Labute approximate surface area is 273 Å². The van der Waals surface area contributed by atoms with Crippen LogP contribution >= 0.6 is 0 Å². The summed E-state index contributed by atoms with van der Waals surface area (Å²) in [7, 11) is 4.96. The smallest absolute Gasteiger partial charge is 0.274 e. The summed E-state index contributed by atoms with van der Waals surface area (Å²) in [5.41, 5.74) is 5.96. The molecule has 5 aromatic rings. The van der Waals surface area contributed by atoms with Crippen LogP contribution in [0.4, 0.5) is 0 Å². The van der Waals surface area contributed by atoms with Crippen molar-refractivity contribution in [2.24, 2.45) is 7.05 Å². The number of nitrogens with one attached hydrogen (secondary N) is 1. The zero-order valence-electron chi connectivity index (χ0n) is 27.0. The molecular formula is C39H39N3O5. The van der Waals surface area contributed by atoms with E-state index >= 15 is 0 Å². The molecule has 240 valence electrons. The fraction of sp³-hybridized carbons (Fsp3) is 0.231. The Balaban J connectivity index is 1.07. The second kappa shape index (κ2) is 14.4. The van der Waals surface area contributed by atoms with E-state index in [0.717, 1.165) is 60.7 Å². The monoisotopic (exact) mass is 629 g/mol. The highest BCUT2D eigenvalue weighted by molar-refractivity contribution is 5.51. The molecule has 0 saturated carbocycles. The molecule has 0 saturated heterocycles. The van der Waals surface area contributed by atoms with Crippen LogP contribution in [0.2, 0.25) is 0 Å². The number of hydrogen-bond acceptors (Lipinski definition) is 6. The summed E-state index contributed by atoms with van der Waals surface area (Å²) >= 11 is 0. The molecular weight excluding hydrogens is 590 g/mol. The molecule has 1 aliphatic rings. The SMILES string of the molecule is COc1cc2c(cc1OC)CN(CCc1ccc(COc3cccc(C=c4[nH]c(=O)c(=Cc5ccccc5)n(C)c4=O)c3)cc1)CC2. The summed E-state index contributed by atoms with van der Waals surface area (Å²) in [6.45, 7) is 3.32. The van der Waals surface area contributed by atoms with Gasteiger partial charge in [0.05, 0.1) is 14.2 Å². The van der Waals surface area contributed by atoms with Crippen molar-refractivity contribution in [2.45, 2.75) is 26.0 Å². The van der Waals surface area contributed by atoms with Crippen LogP contribution in [0.3, 0.4) is 0 Å². The zero-order chi connectivity index (χ0) is 32.8. The van der Waals surface area contributed by atoms with Gasteiger partial charge in [0.1, 0.15) is 23.1 Å². The number of hydrogen-bond donors (Lipinski definition) is 1. The normalized spacial score (nSPS) is 13.8. The van der Waals surface area contributed by atoms with Gasteiger partial charge < -0.3 is 23.8 Å². The first-order valence-electron chi connectivity index (χ1n) is 15.7. The van der Waals surface area contributed by atoms with E-state index in [2.05, 4.69) is 46.3 Å². The molecule has 1 aromatic heterocycles. The van der Waals surface area contributed by atoms with Gasteiger partial charge in [-0.25, -0.2) is 0 Å². The number of methoxy groups -OCH3 is 2. The van der Waals surface area contributed by atoms with Crippen LogP contribution in [0, 0.1) is 0 Å². The summed E-state index contributed by atoms with van der Waals surface area (Å²) in [5, 5.41) is 0.505. The van der Waals surface area contributed by atoms with Gasteiger partial charge in [-0.05, 0) is 82.6 Å². The van der Waals surface area contributed by atoms with E-state index in [-0.39, 0.29) is 16.5 Å². The summed E-state index contributed by atoms with van der Waals surface area (Å²) in [5.74, 6) is 2.25. The number of nitrogens with zero attached hydrogens (tertiary/aromatic N) is 2. The van der Waals surface area contributed by atoms with E-state index in [1.807, 2.05) is 54.6 Å². The van der Waals surface area contributed by atoms with Gasteiger partial charge in [0, 0.05) is 26.7 Å². The Morgan fingerprint density at radius 2 is 1.49 bits per heavy atom. The molecule has 0 bridgehead atoms. The number of aromatic nitrogens is 2. The maximum Gasteiger partial charge on any atom is 0.274 e. The molecule has 0 aliphatic carbocycles. The zero-order valence-corrected chi connectivity index (χ0v) is 27.0. The minimum Gasteiger partial charge on any atom is -0.493 e. The average Bonchev–Trinajstić information content (AvgIpc) is 3.11. The van der Waals surface area contributed by atoms with E-state index < -0.39 is 0 Å². The topological polar surface area (TPSA) is 85.8 Å². The summed E-state index contributed by atoms with van der Waals surface area (Å²) in [4.78, 5) is 31.2. The maximum atomic E-state index is 13.1. The van der Waals surface area contributed by atoms with Crippen molar-refractivity contribution >= 4 is 12.2 Å². The first kappa shape index (κ1) is 31.6. The predicted molar refractivity (Wildman–Crippen MR) is 185 cm³/mol. The third kappa shape index (κ3) is 7.56. The highest BCUT2D eigenvalue weighted by Gasteiger charge is 2.19. The molecule has 1 N–H and O–H groups in total. The van der Waals surface area contributed by atoms with Gasteiger partial charge >= 0.3 is 0 Å². The van der Waals surface area contributed by atoms with Crippen LogP contribution in [0.1, 0.15) is 33.4 Å². The Morgan fingerprint density at radius 3 is 2.23 bits per heavy atom. The first-order valence-corrected chi connectivity index (χ1v) is 15.7. The molecule has 1 aliphatic heterocycles. The minimum atomic E-state index is -0.332. The predicted octanol–water partition coefficient (Wildman–Crippen LogP) is 3.93. The lowest BCUT2D eigenvalue weighted by Crippen LogP contribution is -2.52. The Hall–Kier alpha value is -5.34. The minimum absolute atomic E-state index is 0.212. The number of H-pyrrole nitrogens is 1. The molecule has 47 heavy (non-hydrogen) atoms. The number of rotatable bonds is 10. The van der Waals surface area contributed by atoms with Gasteiger partial charge in [-0.3, -0.25) is 14.5 Å². The molecule has 6 rings (SSSR count). The number of fused-ring (bicyclic) bond motifs is 1. The second-order valence-corrected chi connectivity index (χ2v) is 11.7. The van der Waals surface area contributed by atoms with Crippen molar-refractivity contribution in [2.75, 3.05) is 27.3 Å². The number of ether oxygens (including phenoxy) is 3. The maximum absolute atomic E-state index is 13.1. The summed E-state index contributed by atoms with van der Waals surface area (Å²) in [6, 6.07) is 29.7. The van der Waals surface area contributed by atoms with E-state index in [1.165, 1.54) is 21.3 Å². The molecule has 0 spiro atoms. The summed E-state index contributed by atoms with van der Waals surface area (Å²) < 4.78 is 18.4. The largest absolute Gasteiger partial charge is 0.493 e. The lowest BCUT2D eigenvalue weighted by Gasteiger charge is -2.29. The van der Waals surface area contributed by atoms with Crippen LogP contribution in [0.25, 0.3) is 12.2 Å². The molecule has 0 unspecified atom stereocenters. The van der Waals surface area contributed by atoms with Crippen LogP contribution in [0.5, 0.6) is 17.2 Å². The fourth-order valence-corrected chi connectivity index (χ4v) is 5.90. The van der Waals surface area contributed by atoms with Gasteiger partial charge in [0.15, 0.2) is 11.5 Å². The second-order valence-electron chi connectivity index (χ2n) is 11.7. The quantitative estimate of drug-likeness (QED) is 0.252. The van der Waals surface area contributed by atoms with Crippen molar-refractivity contribution < 1.29 is 14.2 Å². The van der Waals surface area contributed by atoms with Crippen LogP contribution in [0.15, 0.2) is 101 Å². The average molecular weight is 630 g/mol. The lowest BCUT2D eigenvalue weighted by molar-refractivity contribution is 0.255. The molecule has 2 heterocycles.